The molecule has 0 bridgehead atoms. The summed E-state index contributed by atoms with van der Waals surface area (Å²) in [6.07, 6.45) is 1.56. The predicted octanol–water partition coefficient (Wildman–Crippen LogP) is -1.05. The first-order valence-corrected chi connectivity index (χ1v) is 7.69. The monoisotopic (exact) mass is 319 g/mol. The molecule has 3 amide bonds. The molecule has 0 aliphatic carbocycles. The molecule has 8 nitrogen and oxygen atoms in total. The number of aliphatic hydroxyl groups is 1. The van der Waals surface area contributed by atoms with Crippen LogP contribution in [0, 0.1) is 0 Å². The Kier molecular flexibility index (Phi) is 3.15. The number of carbonyl (C=O) groups is 3. The Labute approximate surface area is 132 Å². The Balaban J connectivity index is 1.55. The van der Waals surface area contributed by atoms with E-state index < -0.39 is 30.1 Å². The molecule has 3 saturated heterocycles. The van der Waals surface area contributed by atoms with Crippen LogP contribution in [0.1, 0.15) is 23.4 Å². The van der Waals surface area contributed by atoms with E-state index >= 15 is 0 Å². The summed E-state index contributed by atoms with van der Waals surface area (Å²) in [6, 6.07) is 1.46. The highest BCUT2D eigenvalue weighted by Gasteiger charge is 2.55. The average Bonchev–Trinajstić information content (AvgIpc) is 3.23. The lowest BCUT2D eigenvalue weighted by Crippen LogP contribution is -2.64. The Morgan fingerprint density at radius 3 is 2.87 bits per heavy atom. The fraction of sp³-hybridized carbons (Fsp3) is 0.533. The standard InChI is InChI=1S/C15H17N3O5/c19-8-6-10-14(21)17-4-3-9(12(17)15(22)18(10)7-8)16-13(20)11-2-1-5-23-11/h1-2,5,8-10,12,19H,3-4,6-7H2,(H,16,20). The maximum Gasteiger partial charge on any atom is 0.287 e. The van der Waals surface area contributed by atoms with E-state index in [9.17, 15) is 19.5 Å². The number of furan rings is 1. The van der Waals surface area contributed by atoms with Crippen molar-refractivity contribution in [3.63, 3.8) is 0 Å². The molecule has 4 unspecified atom stereocenters. The van der Waals surface area contributed by atoms with E-state index in [0.29, 0.717) is 13.0 Å². The van der Waals surface area contributed by atoms with Crippen LogP contribution in [-0.2, 0) is 9.59 Å². The third kappa shape index (κ3) is 2.13. The first-order valence-electron chi connectivity index (χ1n) is 7.69. The molecule has 23 heavy (non-hydrogen) atoms. The zero-order valence-corrected chi connectivity index (χ0v) is 12.3. The van der Waals surface area contributed by atoms with Gasteiger partial charge >= 0.3 is 0 Å². The quantitative estimate of drug-likeness (QED) is 0.724. The molecule has 3 fully saturated rings. The summed E-state index contributed by atoms with van der Waals surface area (Å²) < 4.78 is 5.05. The molecular formula is C15H17N3O5. The number of piperazine rings is 1. The number of nitrogens with zero attached hydrogens (tertiary/aromatic N) is 2. The number of carbonyl (C=O) groups excluding carboxylic acids is 3. The van der Waals surface area contributed by atoms with Crippen molar-refractivity contribution in [2.75, 3.05) is 13.1 Å². The Hall–Kier alpha value is -2.35. The second-order valence-corrected chi connectivity index (χ2v) is 6.22. The fourth-order valence-electron chi connectivity index (χ4n) is 3.80. The highest BCUT2D eigenvalue weighted by Crippen LogP contribution is 2.32. The van der Waals surface area contributed by atoms with Gasteiger partial charge in [0, 0.05) is 19.5 Å². The van der Waals surface area contributed by atoms with Crippen molar-refractivity contribution in [3.05, 3.63) is 24.2 Å². The van der Waals surface area contributed by atoms with Crippen molar-refractivity contribution in [2.24, 2.45) is 0 Å². The van der Waals surface area contributed by atoms with Crippen molar-refractivity contribution in [1.29, 1.82) is 0 Å². The molecule has 3 aliphatic heterocycles. The van der Waals surface area contributed by atoms with Crippen LogP contribution in [0.25, 0.3) is 0 Å². The van der Waals surface area contributed by atoms with Crippen LogP contribution in [0.3, 0.4) is 0 Å². The minimum Gasteiger partial charge on any atom is -0.459 e. The number of hydrogen-bond acceptors (Lipinski definition) is 5. The van der Waals surface area contributed by atoms with Gasteiger partial charge in [-0.2, -0.15) is 0 Å². The van der Waals surface area contributed by atoms with Crippen molar-refractivity contribution in [1.82, 2.24) is 15.1 Å². The molecule has 4 rings (SSSR count). The normalized spacial score (nSPS) is 32.9. The lowest BCUT2D eigenvalue weighted by molar-refractivity contribution is -0.157. The van der Waals surface area contributed by atoms with E-state index in [4.69, 9.17) is 4.42 Å². The highest BCUT2D eigenvalue weighted by atomic mass is 16.3. The summed E-state index contributed by atoms with van der Waals surface area (Å²) >= 11 is 0. The van der Waals surface area contributed by atoms with E-state index in [1.165, 1.54) is 16.1 Å². The van der Waals surface area contributed by atoms with Crippen LogP contribution in [0.2, 0.25) is 0 Å². The van der Waals surface area contributed by atoms with E-state index in [0.717, 1.165) is 0 Å². The molecule has 4 atom stereocenters. The van der Waals surface area contributed by atoms with Gasteiger partial charge < -0.3 is 24.6 Å². The third-order valence-electron chi connectivity index (χ3n) is 4.84. The van der Waals surface area contributed by atoms with Gasteiger partial charge in [0.25, 0.3) is 5.91 Å². The van der Waals surface area contributed by atoms with Crippen LogP contribution in [0.15, 0.2) is 22.8 Å². The van der Waals surface area contributed by atoms with Crippen LogP contribution < -0.4 is 5.32 Å². The molecular weight excluding hydrogens is 302 g/mol. The molecule has 0 saturated carbocycles. The second-order valence-electron chi connectivity index (χ2n) is 6.22. The Morgan fingerprint density at radius 1 is 1.30 bits per heavy atom. The lowest BCUT2D eigenvalue weighted by atomic mass is 10.0. The molecule has 0 spiro atoms. The lowest BCUT2D eigenvalue weighted by Gasteiger charge is -2.40. The fourth-order valence-corrected chi connectivity index (χ4v) is 3.80. The highest BCUT2D eigenvalue weighted by molar-refractivity contribution is 5.99. The second kappa shape index (κ2) is 5.09. The van der Waals surface area contributed by atoms with Gasteiger partial charge in [-0.05, 0) is 18.6 Å². The molecule has 0 radical (unpaired) electrons. The first kappa shape index (κ1) is 14.3. The number of amides is 3. The van der Waals surface area contributed by atoms with E-state index in [2.05, 4.69) is 5.32 Å². The van der Waals surface area contributed by atoms with Crippen molar-refractivity contribution in [3.8, 4) is 0 Å². The molecule has 4 heterocycles. The molecule has 122 valence electrons. The number of aliphatic hydroxyl groups excluding tert-OH is 1. The van der Waals surface area contributed by atoms with Crippen LogP contribution in [0.4, 0.5) is 0 Å². The van der Waals surface area contributed by atoms with E-state index in [1.54, 1.807) is 12.1 Å². The molecule has 8 heteroatoms. The summed E-state index contributed by atoms with van der Waals surface area (Å²) in [4.78, 5) is 40.4. The van der Waals surface area contributed by atoms with Crippen molar-refractivity contribution < 1.29 is 23.9 Å². The Bertz CT molecular complexity index is 658. The number of fused-ring (bicyclic) bond motifs is 2. The summed E-state index contributed by atoms with van der Waals surface area (Å²) in [5.41, 5.74) is 0. The van der Waals surface area contributed by atoms with Gasteiger partial charge in [0.2, 0.25) is 11.8 Å². The van der Waals surface area contributed by atoms with Crippen LogP contribution in [-0.4, -0.2) is 69.9 Å². The van der Waals surface area contributed by atoms with Crippen molar-refractivity contribution in [2.45, 2.75) is 37.1 Å². The molecule has 1 aromatic heterocycles. The molecule has 0 aromatic carbocycles. The van der Waals surface area contributed by atoms with Crippen molar-refractivity contribution >= 4 is 17.7 Å². The predicted molar refractivity (Wildman–Crippen MR) is 76.2 cm³/mol. The van der Waals surface area contributed by atoms with E-state index in [1.807, 2.05) is 0 Å². The summed E-state index contributed by atoms with van der Waals surface area (Å²) in [7, 11) is 0. The van der Waals surface area contributed by atoms with Gasteiger partial charge in [-0.1, -0.05) is 0 Å². The number of nitrogens with one attached hydrogen (secondary N) is 1. The summed E-state index contributed by atoms with van der Waals surface area (Å²) in [5.74, 6) is -0.563. The number of hydrogen-bond donors (Lipinski definition) is 2. The topological polar surface area (TPSA) is 103 Å². The van der Waals surface area contributed by atoms with Gasteiger partial charge in [0.05, 0.1) is 18.4 Å². The zero-order chi connectivity index (χ0) is 16.1. The maximum absolute atomic E-state index is 12.7. The largest absolute Gasteiger partial charge is 0.459 e. The number of rotatable bonds is 2. The smallest absolute Gasteiger partial charge is 0.287 e. The zero-order valence-electron chi connectivity index (χ0n) is 12.3. The average molecular weight is 319 g/mol. The van der Waals surface area contributed by atoms with Gasteiger partial charge in [0.15, 0.2) is 5.76 Å². The molecule has 3 aliphatic rings. The minimum absolute atomic E-state index is 0.138. The van der Waals surface area contributed by atoms with Gasteiger partial charge in [-0.25, -0.2) is 0 Å². The Morgan fingerprint density at radius 2 is 2.13 bits per heavy atom. The first-order chi connectivity index (χ1) is 11.1. The van der Waals surface area contributed by atoms with E-state index in [-0.39, 0.29) is 30.5 Å². The van der Waals surface area contributed by atoms with Gasteiger partial charge in [-0.15, -0.1) is 0 Å². The summed E-state index contributed by atoms with van der Waals surface area (Å²) in [5, 5.41) is 12.5. The third-order valence-corrected chi connectivity index (χ3v) is 4.84. The van der Waals surface area contributed by atoms with Gasteiger partial charge in [-0.3, -0.25) is 14.4 Å². The summed E-state index contributed by atoms with van der Waals surface area (Å²) in [6.45, 7) is 0.608. The maximum atomic E-state index is 12.7. The van der Waals surface area contributed by atoms with Crippen LogP contribution in [0.5, 0.6) is 0 Å². The SMILES string of the molecule is O=C(NC1CCN2C(=O)C3CC(O)CN3C(=O)C12)c1ccco1. The minimum atomic E-state index is -0.692. The molecule has 1 aromatic rings. The van der Waals surface area contributed by atoms with Gasteiger partial charge in [0.1, 0.15) is 12.1 Å². The van der Waals surface area contributed by atoms with Crippen LogP contribution >= 0.6 is 0 Å². The molecule has 2 N–H and O–H groups in total.